The van der Waals surface area contributed by atoms with E-state index in [2.05, 4.69) is 45.2 Å². The molecule has 0 fully saturated rings. The van der Waals surface area contributed by atoms with E-state index in [1.165, 1.54) is 12.3 Å². The molecule has 0 spiro atoms. The van der Waals surface area contributed by atoms with E-state index >= 15 is 0 Å². The quantitative estimate of drug-likeness (QED) is 0.631. The first-order valence-electron chi connectivity index (χ1n) is 6.56. The summed E-state index contributed by atoms with van der Waals surface area (Å²) in [5, 5.41) is 18.2. The van der Waals surface area contributed by atoms with Gasteiger partial charge in [0.2, 0.25) is 5.82 Å². The molecule has 112 valence electrons. The maximum atomic E-state index is 11.0. The van der Waals surface area contributed by atoms with Crippen molar-refractivity contribution in [3.63, 3.8) is 0 Å². The number of rotatable bonds is 6. The van der Waals surface area contributed by atoms with Crippen LogP contribution < -0.4 is 5.32 Å². The van der Waals surface area contributed by atoms with Crippen molar-refractivity contribution in [1.82, 2.24) is 14.8 Å². The van der Waals surface area contributed by atoms with Crippen LogP contribution in [0.4, 0.5) is 17.3 Å². The Bertz CT molecular complexity index is 641. The van der Waals surface area contributed by atoms with Crippen molar-refractivity contribution < 1.29 is 4.92 Å². The summed E-state index contributed by atoms with van der Waals surface area (Å²) in [4.78, 5) is 14.6. The molecule has 21 heavy (non-hydrogen) atoms. The number of halogens is 1. The van der Waals surface area contributed by atoms with Crippen molar-refractivity contribution in [3.8, 4) is 0 Å². The van der Waals surface area contributed by atoms with Gasteiger partial charge < -0.3 is 5.32 Å². The number of nitrogens with zero attached hydrogens (tertiary/aromatic N) is 4. The number of anilines is 2. The lowest BCUT2D eigenvalue weighted by molar-refractivity contribution is -0.384. The molecule has 2 aromatic rings. The Morgan fingerprint density at radius 2 is 2.29 bits per heavy atom. The van der Waals surface area contributed by atoms with Crippen LogP contribution in [0.25, 0.3) is 0 Å². The monoisotopic (exact) mass is 353 g/mol. The predicted octanol–water partition coefficient (Wildman–Crippen LogP) is 3.74. The second kappa shape index (κ2) is 6.66. The molecule has 0 aliphatic rings. The summed E-state index contributed by atoms with van der Waals surface area (Å²) in [6.45, 7) is 5.12. The fraction of sp³-hybridized carbons (Fsp3) is 0.385. The Labute approximate surface area is 130 Å². The van der Waals surface area contributed by atoms with Gasteiger partial charge >= 0.3 is 5.69 Å². The number of nitrogens with one attached hydrogen (secondary N) is 1. The number of aromatic nitrogens is 3. The van der Waals surface area contributed by atoms with Crippen LogP contribution in [-0.4, -0.2) is 19.7 Å². The molecule has 0 saturated carbocycles. The number of hydrogen-bond acceptors (Lipinski definition) is 5. The third-order valence-corrected chi connectivity index (χ3v) is 3.29. The topological polar surface area (TPSA) is 85.9 Å². The zero-order chi connectivity index (χ0) is 15.4. The average Bonchev–Trinajstić information content (AvgIpc) is 2.86. The van der Waals surface area contributed by atoms with Crippen LogP contribution in [0, 0.1) is 16.0 Å². The second-order valence-corrected chi connectivity index (χ2v) is 5.97. The molecule has 2 rings (SSSR count). The molecule has 0 aromatic carbocycles. The van der Waals surface area contributed by atoms with Gasteiger partial charge in [-0.3, -0.25) is 14.8 Å². The minimum Gasteiger partial charge on any atom is -0.318 e. The Balaban J connectivity index is 2.13. The normalized spacial score (nSPS) is 10.9. The largest absolute Gasteiger partial charge is 0.318 e. The van der Waals surface area contributed by atoms with Crippen molar-refractivity contribution in [1.29, 1.82) is 0 Å². The Hall–Kier alpha value is -1.96. The number of hydrogen-bond donors (Lipinski definition) is 1. The molecule has 2 aromatic heterocycles. The molecule has 1 N–H and O–H groups in total. The van der Waals surface area contributed by atoms with E-state index in [0.717, 1.165) is 13.0 Å². The highest BCUT2D eigenvalue weighted by atomic mass is 79.9. The fourth-order valence-corrected chi connectivity index (χ4v) is 2.05. The van der Waals surface area contributed by atoms with Crippen LogP contribution in [0.5, 0.6) is 0 Å². The molecule has 0 amide bonds. The lowest BCUT2D eigenvalue weighted by atomic mass is 10.1. The summed E-state index contributed by atoms with van der Waals surface area (Å²) in [7, 11) is 0. The van der Waals surface area contributed by atoms with Gasteiger partial charge in [0, 0.05) is 35.5 Å². The van der Waals surface area contributed by atoms with Gasteiger partial charge in [-0.1, -0.05) is 13.8 Å². The summed E-state index contributed by atoms with van der Waals surface area (Å²) in [6, 6.07) is 3.18. The van der Waals surface area contributed by atoms with E-state index in [9.17, 15) is 10.1 Å². The predicted molar refractivity (Wildman–Crippen MR) is 83.6 cm³/mol. The molecule has 0 aliphatic carbocycles. The molecule has 7 nitrogen and oxygen atoms in total. The highest BCUT2D eigenvalue weighted by Gasteiger charge is 2.16. The zero-order valence-electron chi connectivity index (χ0n) is 11.8. The van der Waals surface area contributed by atoms with E-state index in [-0.39, 0.29) is 11.5 Å². The van der Waals surface area contributed by atoms with E-state index in [1.807, 2.05) is 10.9 Å². The molecular formula is C13H16BrN5O2. The van der Waals surface area contributed by atoms with Crippen molar-refractivity contribution >= 4 is 33.3 Å². The van der Waals surface area contributed by atoms with E-state index < -0.39 is 4.92 Å². The fourth-order valence-electron chi connectivity index (χ4n) is 1.73. The standard InChI is InChI=1S/C13H16BrN5O2/c1-9(2)3-5-18-6-4-12(17-18)16-13-11(19(20)21)7-10(14)8-15-13/h4,6-9H,3,5H2,1-2H3,(H,15,16,17). The molecule has 0 unspecified atom stereocenters. The number of pyridine rings is 1. The molecule has 0 aliphatic heterocycles. The summed E-state index contributed by atoms with van der Waals surface area (Å²) in [5.41, 5.74) is -0.0962. The SMILES string of the molecule is CC(C)CCn1ccc(Nc2ncc(Br)cc2[N+](=O)[O-])n1. The second-order valence-electron chi connectivity index (χ2n) is 5.05. The molecule has 0 saturated heterocycles. The first-order valence-corrected chi connectivity index (χ1v) is 7.35. The molecular weight excluding hydrogens is 338 g/mol. The smallest absolute Gasteiger partial charge is 0.312 e. The maximum absolute atomic E-state index is 11.0. The maximum Gasteiger partial charge on any atom is 0.312 e. The van der Waals surface area contributed by atoms with Gasteiger partial charge in [0.05, 0.1) is 4.92 Å². The van der Waals surface area contributed by atoms with E-state index in [4.69, 9.17) is 0 Å². The van der Waals surface area contributed by atoms with Crippen molar-refractivity contribution in [2.24, 2.45) is 5.92 Å². The Morgan fingerprint density at radius 1 is 1.52 bits per heavy atom. The lowest BCUT2D eigenvalue weighted by Crippen LogP contribution is -2.04. The number of nitro groups is 1. The third-order valence-electron chi connectivity index (χ3n) is 2.85. The summed E-state index contributed by atoms with van der Waals surface area (Å²) < 4.78 is 2.37. The molecule has 0 bridgehead atoms. The highest BCUT2D eigenvalue weighted by molar-refractivity contribution is 9.10. The molecule has 0 atom stereocenters. The molecule has 0 radical (unpaired) electrons. The van der Waals surface area contributed by atoms with Gasteiger partial charge in [-0.2, -0.15) is 5.10 Å². The van der Waals surface area contributed by atoms with Gasteiger partial charge in [0.15, 0.2) is 5.82 Å². The van der Waals surface area contributed by atoms with Gasteiger partial charge in [0.25, 0.3) is 0 Å². The third kappa shape index (κ3) is 4.25. The lowest BCUT2D eigenvalue weighted by Gasteiger charge is -2.05. The summed E-state index contributed by atoms with van der Waals surface area (Å²) in [6.07, 6.45) is 4.37. The van der Waals surface area contributed by atoms with Crippen LogP contribution >= 0.6 is 15.9 Å². The van der Waals surface area contributed by atoms with Crippen LogP contribution in [0.3, 0.4) is 0 Å². The first kappa shape index (κ1) is 15.4. The van der Waals surface area contributed by atoms with Crippen molar-refractivity contribution in [2.45, 2.75) is 26.8 Å². The van der Waals surface area contributed by atoms with E-state index in [1.54, 1.807) is 6.07 Å². The summed E-state index contributed by atoms with van der Waals surface area (Å²) in [5.74, 6) is 1.31. The number of aryl methyl sites for hydroxylation is 1. The molecule has 2 heterocycles. The average molecular weight is 354 g/mol. The van der Waals surface area contributed by atoms with Gasteiger partial charge in [0.1, 0.15) is 0 Å². The van der Waals surface area contributed by atoms with Gasteiger partial charge in [-0.25, -0.2) is 4.98 Å². The van der Waals surface area contributed by atoms with Gasteiger partial charge in [-0.15, -0.1) is 0 Å². The minimum atomic E-state index is -0.476. The van der Waals surface area contributed by atoms with Gasteiger partial charge in [-0.05, 0) is 28.3 Å². The first-order chi connectivity index (χ1) is 9.95. The van der Waals surface area contributed by atoms with Crippen LogP contribution in [-0.2, 0) is 6.54 Å². The van der Waals surface area contributed by atoms with Crippen LogP contribution in [0.1, 0.15) is 20.3 Å². The van der Waals surface area contributed by atoms with Crippen LogP contribution in [0.15, 0.2) is 29.0 Å². The van der Waals surface area contributed by atoms with Crippen molar-refractivity contribution in [2.75, 3.05) is 5.32 Å². The Morgan fingerprint density at radius 3 is 2.95 bits per heavy atom. The van der Waals surface area contributed by atoms with Crippen LogP contribution in [0.2, 0.25) is 0 Å². The highest BCUT2D eigenvalue weighted by Crippen LogP contribution is 2.27. The van der Waals surface area contributed by atoms with Crippen molar-refractivity contribution in [3.05, 3.63) is 39.1 Å². The zero-order valence-corrected chi connectivity index (χ0v) is 13.4. The minimum absolute atomic E-state index is 0.0962. The summed E-state index contributed by atoms with van der Waals surface area (Å²) >= 11 is 3.17. The molecule has 8 heteroatoms. The Kier molecular flexibility index (Phi) is 4.89. The van der Waals surface area contributed by atoms with E-state index in [0.29, 0.717) is 16.2 Å².